The van der Waals surface area contributed by atoms with Crippen LogP contribution in [0.5, 0.6) is 0 Å². The van der Waals surface area contributed by atoms with E-state index in [1.165, 1.54) is 173 Å². The van der Waals surface area contributed by atoms with E-state index in [0.717, 1.165) is 115 Å². The molecule has 0 amide bonds. The first-order valence-corrected chi connectivity index (χ1v) is 40.5. The van der Waals surface area contributed by atoms with E-state index in [-0.39, 0.29) is 25.7 Å². The molecule has 6 atom stereocenters. The summed E-state index contributed by atoms with van der Waals surface area (Å²) >= 11 is 0. The van der Waals surface area contributed by atoms with Crippen molar-refractivity contribution in [3.63, 3.8) is 0 Å². The van der Waals surface area contributed by atoms with Crippen molar-refractivity contribution in [3.8, 4) is 0 Å². The van der Waals surface area contributed by atoms with Gasteiger partial charge in [0.2, 0.25) is 0 Å². The Balaban J connectivity index is 5.20. The highest BCUT2D eigenvalue weighted by molar-refractivity contribution is 7.47. The summed E-state index contributed by atoms with van der Waals surface area (Å²) in [6.45, 7) is 9.55. The second-order valence-electron chi connectivity index (χ2n) is 26.7. The fourth-order valence-electron chi connectivity index (χ4n) is 10.9. The van der Waals surface area contributed by atoms with Gasteiger partial charge in [0.15, 0.2) is 12.2 Å². The molecule has 0 saturated heterocycles. The molecule has 0 aromatic carbocycles. The predicted molar refractivity (Wildman–Crippen MR) is 368 cm³/mol. The van der Waals surface area contributed by atoms with Crippen LogP contribution in [0.3, 0.4) is 0 Å². The smallest absolute Gasteiger partial charge is 0.462 e. The van der Waals surface area contributed by atoms with Crippen molar-refractivity contribution < 1.29 is 80.2 Å². The lowest BCUT2D eigenvalue weighted by Crippen LogP contribution is -2.30. The lowest BCUT2D eigenvalue weighted by Gasteiger charge is -2.21. The van der Waals surface area contributed by atoms with Crippen molar-refractivity contribution >= 4 is 39.5 Å². The number of ether oxygens (including phenoxy) is 4. The van der Waals surface area contributed by atoms with Crippen LogP contribution in [-0.4, -0.2) is 96.7 Å². The van der Waals surface area contributed by atoms with Crippen molar-refractivity contribution in [2.24, 2.45) is 11.8 Å². The van der Waals surface area contributed by atoms with Crippen LogP contribution in [0.25, 0.3) is 0 Å². The van der Waals surface area contributed by atoms with Crippen LogP contribution in [0, 0.1) is 11.8 Å². The third kappa shape index (κ3) is 65.1. The Hall–Kier alpha value is -1.94. The Labute approximate surface area is 556 Å². The minimum absolute atomic E-state index is 0.105. The molecule has 3 N–H and O–H groups in total. The van der Waals surface area contributed by atoms with Gasteiger partial charge in [-0.05, 0) is 37.5 Å². The van der Waals surface area contributed by atoms with Crippen molar-refractivity contribution in [2.75, 3.05) is 39.6 Å². The van der Waals surface area contributed by atoms with Crippen molar-refractivity contribution in [2.45, 2.75) is 387 Å². The lowest BCUT2D eigenvalue weighted by molar-refractivity contribution is -0.161. The molecule has 0 fully saturated rings. The second kappa shape index (κ2) is 64.1. The summed E-state index contributed by atoms with van der Waals surface area (Å²) in [5.41, 5.74) is 0. The SMILES string of the molecule is CCCCCCCCCCCCCCCCC(=O)OC[C@H](COP(=O)(O)OC[C@@H](O)COP(=O)(O)OC[C@@H](COC(=O)CCCCCCCCC)OC(=O)CCCCCCCCCCC(C)CC)OC(=O)CCCCCCCCCCCCCCCCCC(C)C. The Bertz CT molecular complexity index is 1770. The fourth-order valence-corrected chi connectivity index (χ4v) is 12.5. The van der Waals surface area contributed by atoms with E-state index >= 15 is 0 Å². The van der Waals surface area contributed by atoms with E-state index in [4.69, 9.17) is 37.0 Å². The molecule has 540 valence electrons. The summed E-state index contributed by atoms with van der Waals surface area (Å²) in [7, 11) is -9.90. The number of esters is 4. The average molecular weight is 1340 g/mol. The molecule has 0 bridgehead atoms. The third-order valence-corrected chi connectivity index (χ3v) is 19.0. The van der Waals surface area contributed by atoms with Gasteiger partial charge in [0.25, 0.3) is 0 Å². The minimum Gasteiger partial charge on any atom is -0.462 e. The number of phosphoric acid groups is 2. The molecule has 0 radical (unpaired) electrons. The number of phosphoric ester groups is 2. The molecule has 19 heteroatoms. The number of unbranched alkanes of at least 4 members (excludes halogenated alkanes) is 40. The molecule has 0 spiro atoms. The normalized spacial score (nSPS) is 14.4. The Morgan fingerprint density at radius 3 is 0.835 bits per heavy atom. The van der Waals surface area contributed by atoms with Gasteiger partial charge in [0, 0.05) is 25.7 Å². The number of aliphatic hydroxyl groups is 1. The number of hydrogen-bond donors (Lipinski definition) is 3. The summed E-state index contributed by atoms with van der Waals surface area (Å²) < 4.78 is 68.3. The number of aliphatic hydroxyl groups excluding tert-OH is 1. The molecule has 0 aliphatic carbocycles. The first-order valence-electron chi connectivity index (χ1n) is 37.5. The van der Waals surface area contributed by atoms with E-state index in [1.807, 2.05) is 0 Å². The predicted octanol–water partition coefficient (Wildman–Crippen LogP) is 20.8. The Kier molecular flexibility index (Phi) is 62.7. The summed E-state index contributed by atoms with van der Waals surface area (Å²) in [5, 5.41) is 10.6. The van der Waals surface area contributed by atoms with Gasteiger partial charge in [0.05, 0.1) is 26.4 Å². The zero-order valence-corrected chi connectivity index (χ0v) is 60.9. The van der Waals surface area contributed by atoms with Gasteiger partial charge in [0.1, 0.15) is 19.3 Å². The largest absolute Gasteiger partial charge is 0.472 e. The van der Waals surface area contributed by atoms with E-state index in [0.29, 0.717) is 25.7 Å². The molecule has 0 heterocycles. The van der Waals surface area contributed by atoms with Gasteiger partial charge in [-0.3, -0.25) is 37.3 Å². The van der Waals surface area contributed by atoms with Crippen LogP contribution in [0.15, 0.2) is 0 Å². The number of carbonyl (C=O) groups excluding carboxylic acids is 4. The van der Waals surface area contributed by atoms with Crippen LogP contribution in [0.2, 0.25) is 0 Å². The molecular weight excluding hydrogens is 1200 g/mol. The number of rotatable bonds is 71. The van der Waals surface area contributed by atoms with Crippen molar-refractivity contribution in [1.82, 2.24) is 0 Å². The first-order chi connectivity index (χ1) is 43.9. The zero-order chi connectivity index (χ0) is 67.2. The maximum absolute atomic E-state index is 13.0. The Morgan fingerprint density at radius 2 is 0.560 bits per heavy atom. The number of carbonyl (C=O) groups is 4. The quantitative estimate of drug-likeness (QED) is 0.0222. The van der Waals surface area contributed by atoms with Crippen LogP contribution in [-0.2, 0) is 65.4 Å². The highest BCUT2D eigenvalue weighted by Gasteiger charge is 2.30. The van der Waals surface area contributed by atoms with Gasteiger partial charge >= 0.3 is 39.5 Å². The van der Waals surface area contributed by atoms with Gasteiger partial charge in [-0.25, -0.2) is 9.13 Å². The molecule has 0 saturated carbocycles. The van der Waals surface area contributed by atoms with Crippen LogP contribution in [0.1, 0.15) is 369 Å². The molecule has 0 aliphatic heterocycles. The molecule has 0 rings (SSSR count). The first kappa shape index (κ1) is 89.1. The fraction of sp³-hybridized carbons (Fsp3) is 0.944. The minimum atomic E-state index is -4.95. The zero-order valence-electron chi connectivity index (χ0n) is 59.1. The van der Waals surface area contributed by atoms with Crippen molar-refractivity contribution in [1.29, 1.82) is 0 Å². The summed E-state index contributed by atoms with van der Waals surface area (Å²) in [6, 6.07) is 0. The lowest BCUT2D eigenvalue weighted by atomic mass is 9.99. The molecule has 0 aromatic heterocycles. The summed E-state index contributed by atoms with van der Waals surface area (Å²) in [6.07, 6.45) is 50.0. The Morgan fingerprint density at radius 1 is 0.319 bits per heavy atom. The average Bonchev–Trinajstić information content (AvgIpc) is 3.73. The number of hydrogen-bond acceptors (Lipinski definition) is 15. The topological polar surface area (TPSA) is 237 Å². The molecule has 0 aromatic rings. The van der Waals surface area contributed by atoms with Gasteiger partial charge in [-0.15, -0.1) is 0 Å². The molecule has 91 heavy (non-hydrogen) atoms. The summed E-state index contributed by atoms with van der Waals surface area (Å²) in [5.74, 6) is -0.553. The molecular formula is C72H140O17P2. The second-order valence-corrected chi connectivity index (χ2v) is 29.6. The van der Waals surface area contributed by atoms with E-state index < -0.39 is 97.5 Å². The van der Waals surface area contributed by atoms with Crippen LogP contribution in [0.4, 0.5) is 0 Å². The van der Waals surface area contributed by atoms with Gasteiger partial charge < -0.3 is 33.8 Å². The molecule has 17 nitrogen and oxygen atoms in total. The highest BCUT2D eigenvalue weighted by atomic mass is 31.2. The molecule has 0 aliphatic rings. The maximum Gasteiger partial charge on any atom is 0.472 e. The summed E-state index contributed by atoms with van der Waals surface area (Å²) in [4.78, 5) is 72.5. The van der Waals surface area contributed by atoms with E-state index in [9.17, 15) is 43.2 Å². The molecule has 3 unspecified atom stereocenters. The van der Waals surface area contributed by atoms with E-state index in [2.05, 4.69) is 41.5 Å². The highest BCUT2D eigenvalue weighted by Crippen LogP contribution is 2.45. The van der Waals surface area contributed by atoms with Crippen molar-refractivity contribution in [3.05, 3.63) is 0 Å². The van der Waals surface area contributed by atoms with Crippen LogP contribution >= 0.6 is 15.6 Å². The van der Waals surface area contributed by atoms with Crippen LogP contribution < -0.4 is 0 Å². The monoisotopic (exact) mass is 1340 g/mol. The maximum atomic E-state index is 13.0. The van der Waals surface area contributed by atoms with Gasteiger partial charge in [-0.2, -0.15) is 0 Å². The van der Waals surface area contributed by atoms with E-state index in [1.54, 1.807) is 0 Å². The van der Waals surface area contributed by atoms with Gasteiger partial charge in [-0.1, -0.05) is 318 Å². The third-order valence-electron chi connectivity index (χ3n) is 17.1. The standard InChI is InChI=1S/C72H140O17P2/c1-7-10-12-14-16-17-18-19-24-27-30-37-43-49-55-70(75)83-61-68(88-71(76)56-50-44-38-31-28-25-22-20-21-23-26-29-35-40-46-52-64(4)5)63-87-91(80,81)85-59-66(73)58-84-90(78,79)86-62-67(60-82-69(74)54-48-42-34-15-13-11-8-2)89-72(77)57-51-45-39-33-32-36-41-47-53-65(6)9-3/h64-68,73H,7-63H2,1-6H3,(H,78,79)(H,80,81)/t65?,66-,67+,68+/m0/s1.